The van der Waals surface area contributed by atoms with E-state index in [-0.39, 0.29) is 18.1 Å². The van der Waals surface area contributed by atoms with Gasteiger partial charge in [-0.1, -0.05) is 6.07 Å². The Hall–Kier alpha value is -3.55. The first-order valence-electron chi connectivity index (χ1n) is 10.1. The molecule has 0 saturated carbocycles. The van der Waals surface area contributed by atoms with Crippen LogP contribution in [0.25, 0.3) is 22.5 Å². The molecule has 0 unspecified atom stereocenters. The van der Waals surface area contributed by atoms with Crippen LogP contribution >= 0.6 is 0 Å². The zero-order valence-corrected chi connectivity index (χ0v) is 16.6. The minimum atomic E-state index is -0.386. The van der Waals surface area contributed by atoms with Crippen LogP contribution in [0.2, 0.25) is 0 Å². The highest BCUT2D eigenvalue weighted by Gasteiger charge is 2.33. The van der Waals surface area contributed by atoms with Gasteiger partial charge in [-0.3, -0.25) is 14.8 Å². The number of cyclic esters (lactones) is 1. The van der Waals surface area contributed by atoms with Gasteiger partial charge in [0.1, 0.15) is 6.10 Å². The van der Waals surface area contributed by atoms with Crippen LogP contribution in [0.15, 0.2) is 41.2 Å². The summed E-state index contributed by atoms with van der Waals surface area (Å²) in [6.45, 7) is 2.18. The van der Waals surface area contributed by atoms with Gasteiger partial charge in [-0.25, -0.2) is 4.79 Å². The van der Waals surface area contributed by atoms with Gasteiger partial charge in [0.25, 0.3) is 0 Å². The lowest BCUT2D eigenvalue weighted by atomic mass is 10.00. The van der Waals surface area contributed by atoms with E-state index in [1.54, 1.807) is 17.4 Å². The summed E-state index contributed by atoms with van der Waals surface area (Å²) in [6.07, 6.45) is 5.45. The second-order valence-corrected chi connectivity index (χ2v) is 7.69. The Morgan fingerprint density at radius 1 is 1.33 bits per heavy atom. The number of nitrogens with one attached hydrogen (secondary N) is 2. The van der Waals surface area contributed by atoms with Crippen LogP contribution in [-0.2, 0) is 22.4 Å². The second kappa shape index (κ2) is 7.37. The van der Waals surface area contributed by atoms with Gasteiger partial charge < -0.3 is 14.5 Å². The molecular weight excluding hydrogens is 384 g/mol. The number of ether oxygens (including phenoxy) is 1. The summed E-state index contributed by atoms with van der Waals surface area (Å²) in [5.41, 5.74) is 7.21. The molecule has 1 aliphatic carbocycles. The Kier molecular flexibility index (Phi) is 4.54. The van der Waals surface area contributed by atoms with Crippen LogP contribution in [-0.4, -0.2) is 41.4 Å². The lowest BCUT2D eigenvalue weighted by molar-refractivity contribution is -0.119. The average molecular weight is 406 g/mol. The van der Waals surface area contributed by atoms with E-state index < -0.39 is 0 Å². The number of hydrogen-bond donors (Lipinski definition) is 2. The maximum atomic E-state index is 12.4. The van der Waals surface area contributed by atoms with Gasteiger partial charge >= 0.3 is 6.09 Å². The quantitative estimate of drug-likeness (QED) is 0.693. The molecule has 0 radical (unpaired) electrons. The van der Waals surface area contributed by atoms with Crippen molar-refractivity contribution in [3.05, 3.63) is 47.9 Å². The molecule has 2 N–H and O–H groups in total. The molecule has 30 heavy (non-hydrogen) atoms. The molecule has 8 heteroatoms. The van der Waals surface area contributed by atoms with Crippen molar-refractivity contribution in [3.8, 4) is 22.5 Å². The SMILES string of the molecule is CC(=O)NC[C@H]1CN(c2ccc3c(c2)CCCc2c(-c4ccoc4)n[nH]c2-3)C(=O)O1. The molecule has 0 bridgehead atoms. The summed E-state index contributed by atoms with van der Waals surface area (Å²) in [4.78, 5) is 25.1. The molecule has 154 valence electrons. The molecule has 3 heterocycles. The smallest absolute Gasteiger partial charge is 0.414 e. The van der Waals surface area contributed by atoms with E-state index in [1.165, 1.54) is 18.1 Å². The third kappa shape index (κ3) is 3.24. The average Bonchev–Trinajstić information content (AvgIpc) is 3.44. The number of H-pyrrole nitrogens is 1. The number of aromatic amines is 1. The van der Waals surface area contributed by atoms with Gasteiger partial charge in [-0.2, -0.15) is 5.10 Å². The third-order valence-corrected chi connectivity index (χ3v) is 5.66. The van der Waals surface area contributed by atoms with Crippen molar-refractivity contribution < 1.29 is 18.7 Å². The molecule has 3 aromatic rings. The molecule has 0 spiro atoms. The summed E-state index contributed by atoms with van der Waals surface area (Å²) in [7, 11) is 0. The highest BCUT2D eigenvalue weighted by Crippen LogP contribution is 2.38. The summed E-state index contributed by atoms with van der Waals surface area (Å²) in [5, 5.41) is 10.4. The number of hydrogen-bond acceptors (Lipinski definition) is 5. The monoisotopic (exact) mass is 406 g/mol. The van der Waals surface area contributed by atoms with Crippen molar-refractivity contribution in [1.82, 2.24) is 15.5 Å². The minimum Gasteiger partial charge on any atom is -0.472 e. The van der Waals surface area contributed by atoms with Crippen molar-refractivity contribution in [3.63, 3.8) is 0 Å². The lowest BCUT2D eigenvalue weighted by Crippen LogP contribution is -2.33. The fourth-order valence-corrected chi connectivity index (χ4v) is 4.22. The van der Waals surface area contributed by atoms with E-state index in [4.69, 9.17) is 9.15 Å². The number of aromatic nitrogens is 2. The van der Waals surface area contributed by atoms with Crippen LogP contribution in [0.3, 0.4) is 0 Å². The standard InChI is InChI=1S/C22H22N4O4/c1-13(27)23-10-17-11-26(22(28)30-17)16-5-6-18-14(9-16)3-2-4-19-20(24-25-21(18)19)15-7-8-29-12-15/h5-9,12,17H,2-4,10-11H2,1H3,(H,23,27)(H,24,25)/t17-/m0/s1. The predicted molar refractivity (Wildman–Crippen MR) is 110 cm³/mol. The molecule has 1 atom stereocenters. The zero-order chi connectivity index (χ0) is 20.7. The van der Waals surface area contributed by atoms with Gasteiger partial charge in [0.2, 0.25) is 5.91 Å². The Balaban J connectivity index is 1.43. The molecule has 1 aromatic carbocycles. The molecule has 2 aliphatic rings. The van der Waals surface area contributed by atoms with Crippen LogP contribution < -0.4 is 10.2 Å². The Morgan fingerprint density at radius 3 is 3.03 bits per heavy atom. The van der Waals surface area contributed by atoms with Crippen LogP contribution in [0, 0.1) is 0 Å². The highest BCUT2D eigenvalue weighted by molar-refractivity contribution is 5.91. The fraction of sp³-hybridized carbons (Fsp3) is 0.318. The van der Waals surface area contributed by atoms with Crippen LogP contribution in [0.5, 0.6) is 0 Å². The molecule has 2 aromatic heterocycles. The largest absolute Gasteiger partial charge is 0.472 e. The second-order valence-electron chi connectivity index (χ2n) is 7.69. The third-order valence-electron chi connectivity index (χ3n) is 5.66. The number of anilines is 1. The summed E-state index contributed by atoms with van der Waals surface area (Å²) >= 11 is 0. The number of aryl methyl sites for hydroxylation is 1. The number of nitrogens with zero attached hydrogens (tertiary/aromatic N) is 2. The van der Waals surface area contributed by atoms with E-state index in [1.807, 2.05) is 18.2 Å². The first-order chi connectivity index (χ1) is 14.6. The number of amides is 2. The topological polar surface area (TPSA) is 100 Å². The molecule has 1 aliphatic heterocycles. The molecule has 8 nitrogen and oxygen atoms in total. The summed E-state index contributed by atoms with van der Waals surface area (Å²) in [6, 6.07) is 7.96. The molecule has 2 amide bonds. The van der Waals surface area contributed by atoms with E-state index in [9.17, 15) is 9.59 Å². The van der Waals surface area contributed by atoms with Crippen molar-refractivity contribution in [2.24, 2.45) is 0 Å². The van der Waals surface area contributed by atoms with E-state index in [2.05, 4.69) is 21.6 Å². The van der Waals surface area contributed by atoms with Gasteiger partial charge in [0, 0.05) is 29.3 Å². The van der Waals surface area contributed by atoms with Crippen LogP contribution in [0.1, 0.15) is 24.5 Å². The number of furan rings is 1. The minimum absolute atomic E-state index is 0.139. The van der Waals surface area contributed by atoms with Gasteiger partial charge in [0.05, 0.1) is 37.0 Å². The first-order valence-corrected chi connectivity index (χ1v) is 10.1. The number of carbonyl (C=O) groups excluding carboxylic acids is 2. The zero-order valence-electron chi connectivity index (χ0n) is 16.6. The molecule has 5 rings (SSSR count). The van der Waals surface area contributed by atoms with Gasteiger partial charge in [-0.05, 0) is 43.0 Å². The van der Waals surface area contributed by atoms with E-state index >= 15 is 0 Å². The number of benzene rings is 1. The van der Waals surface area contributed by atoms with Crippen molar-refractivity contribution in [2.75, 3.05) is 18.0 Å². The molecule has 1 saturated heterocycles. The maximum Gasteiger partial charge on any atom is 0.414 e. The Bertz CT molecular complexity index is 1100. The summed E-state index contributed by atoms with van der Waals surface area (Å²) in [5.74, 6) is -0.139. The molecular formula is C22H22N4O4. The van der Waals surface area contributed by atoms with E-state index in [0.29, 0.717) is 13.1 Å². The van der Waals surface area contributed by atoms with Crippen molar-refractivity contribution in [2.45, 2.75) is 32.3 Å². The lowest BCUT2D eigenvalue weighted by Gasteiger charge is -2.16. The highest BCUT2D eigenvalue weighted by atomic mass is 16.6. The van der Waals surface area contributed by atoms with Gasteiger partial charge in [0.15, 0.2) is 0 Å². The van der Waals surface area contributed by atoms with E-state index in [0.717, 1.165) is 47.5 Å². The number of carbonyl (C=O) groups is 2. The fourth-order valence-electron chi connectivity index (χ4n) is 4.22. The number of fused-ring (bicyclic) bond motifs is 3. The predicted octanol–water partition coefficient (Wildman–Crippen LogP) is 3.29. The van der Waals surface area contributed by atoms with Crippen molar-refractivity contribution >= 4 is 17.7 Å². The Morgan fingerprint density at radius 2 is 2.23 bits per heavy atom. The maximum absolute atomic E-state index is 12.4. The summed E-state index contributed by atoms with van der Waals surface area (Å²) < 4.78 is 10.6. The normalized spacial score (nSPS) is 17.8. The van der Waals surface area contributed by atoms with Crippen molar-refractivity contribution in [1.29, 1.82) is 0 Å². The Labute approximate surface area is 173 Å². The molecule has 1 fully saturated rings. The van der Waals surface area contributed by atoms with Gasteiger partial charge in [-0.15, -0.1) is 0 Å². The first kappa shape index (κ1) is 18.5. The number of rotatable bonds is 4. The van der Waals surface area contributed by atoms with Crippen LogP contribution in [0.4, 0.5) is 10.5 Å².